The van der Waals surface area contributed by atoms with Crippen molar-refractivity contribution in [3.05, 3.63) is 64.5 Å². The topological polar surface area (TPSA) is 62.1 Å². The van der Waals surface area contributed by atoms with Gasteiger partial charge in [0.1, 0.15) is 5.69 Å². The van der Waals surface area contributed by atoms with Crippen LogP contribution in [0, 0.1) is 6.92 Å². The maximum atomic E-state index is 5.48. The second kappa shape index (κ2) is 7.68. The zero-order valence-corrected chi connectivity index (χ0v) is 18.0. The summed E-state index contributed by atoms with van der Waals surface area (Å²) in [5.74, 6) is 2.32. The van der Waals surface area contributed by atoms with Crippen LogP contribution in [0.5, 0.6) is 11.5 Å². The van der Waals surface area contributed by atoms with Crippen LogP contribution in [0.15, 0.2) is 63.4 Å². The number of imidazole rings is 1. The van der Waals surface area contributed by atoms with Crippen LogP contribution in [0.2, 0.25) is 0 Å². The molecule has 5 rings (SSSR count). The Labute approximate surface area is 180 Å². The standard InChI is InChI=1S/C21H17BrN4O2S/c1-13-2-4-14(5-3-13)6-7-26-11-23-10-16-20(26)25-21(24-16)29-19-9-18-17(8-15(19)22)27-12-28-18/h2-5,8-11H,6-7,12H2,1H3. The molecule has 0 radical (unpaired) electrons. The van der Waals surface area contributed by atoms with Crippen molar-refractivity contribution in [2.45, 2.75) is 29.9 Å². The molecule has 0 bridgehead atoms. The first-order valence-corrected chi connectivity index (χ1v) is 10.8. The van der Waals surface area contributed by atoms with Gasteiger partial charge in [-0.3, -0.25) is 0 Å². The van der Waals surface area contributed by atoms with E-state index in [1.54, 1.807) is 6.20 Å². The van der Waals surface area contributed by atoms with Gasteiger partial charge in [0.2, 0.25) is 6.79 Å². The lowest BCUT2D eigenvalue weighted by Gasteiger charge is -2.09. The van der Waals surface area contributed by atoms with E-state index in [4.69, 9.17) is 14.5 Å². The molecule has 0 amide bonds. The number of ether oxygens (including phenoxy) is 2. The minimum Gasteiger partial charge on any atom is -0.454 e. The summed E-state index contributed by atoms with van der Waals surface area (Å²) in [6.45, 7) is 3.14. The molecule has 0 aromatic heterocycles. The molecule has 0 saturated heterocycles. The van der Waals surface area contributed by atoms with Crippen molar-refractivity contribution in [2.75, 3.05) is 6.79 Å². The van der Waals surface area contributed by atoms with Crippen LogP contribution in [0.1, 0.15) is 11.1 Å². The highest BCUT2D eigenvalue weighted by molar-refractivity contribution is 9.10. The molecule has 0 spiro atoms. The van der Waals surface area contributed by atoms with Crippen molar-refractivity contribution >= 4 is 27.7 Å². The minimum atomic E-state index is 0.249. The second-order valence-corrected chi connectivity index (χ2v) is 8.64. The summed E-state index contributed by atoms with van der Waals surface area (Å²) in [6.07, 6.45) is 4.48. The summed E-state index contributed by atoms with van der Waals surface area (Å²) in [7, 11) is 0. The molecule has 0 aliphatic carbocycles. The maximum absolute atomic E-state index is 5.48. The Bertz CT molecular complexity index is 1150. The largest absolute Gasteiger partial charge is 0.454 e. The van der Waals surface area contributed by atoms with E-state index in [1.807, 2.05) is 18.5 Å². The molecule has 0 saturated carbocycles. The normalized spacial score (nSPS) is 12.6. The number of aromatic nitrogens is 4. The number of aryl methyl sites for hydroxylation is 3. The Hall–Kier alpha value is -2.58. The third-order valence-corrected chi connectivity index (χ3v) is 6.55. The fraction of sp³-hybridized carbons (Fsp3) is 0.190. The van der Waals surface area contributed by atoms with Gasteiger partial charge in [-0.2, -0.15) is 0 Å². The van der Waals surface area contributed by atoms with Crippen molar-refractivity contribution in [3.63, 3.8) is 0 Å². The zero-order chi connectivity index (χ0) is 19.8. The summed E-state index contributed by atoms with van der Waals surface area (Å²) in [4.78, 5) is 14.7. The molecule has 3 aliphatic heterocycles. The van der Waals surface area contributed by atoms with Crippen LogP contribution in [0.25, 0.3) is 11.5 Å². The number of hydrogen-bond acceptors (Lipinski definition) is 6. The highest BCUT2D eigenvalue weighted by Gasteiger charge is 2.20. The van der Waals surface area contributed by atoms with Crippen molar-refractivity contribution in [2.24, 2.45) is 0 Å². The van der Waals surface area contributed by atoms with Crippen LogP contribution < -0.4 is 9.47 Å². The molecule has 8 heteroatoms. The van der Waals surface area contributed by atoms with Crippen molar-refractivity contribution in [1.29, 1.82) is 0 Å². The van der Waals surface area contributed by atoms with Crippen LogP contribution in [-0.2, 0) is 13.0 Å². The van der Waals surface area contributed by atoms with E-state index >= 15 is 0 Å². The zero-order valence-electron chi connectivity index (χ0n) is 15.6. The van der Waals surface area contributed by atoms with Crippen LogP contribution in [0.4, 0.5) is 0 Å². The SMILES string of the molecule is Cc1ccc(CCn2cncc3nc(Sc4cc5c(cc4Br)OCO5)nc2-3)cc1. The Balaban J connectivity index is 1.38. The Morgan fingerprint density at radius 3 is 2.72 bits per heavy atom. The Morgan fingerprint density at radius 1 is 1.10 bits per heavy atom. The van der Waals surface area contributed by atoms with Gasteiger partial charge in [-0.05, 0) is 58.7 Å². The van der Waals surface area contributed by atoms with Gasteiger partial charge in [0.25, 0.3) is 0 Å². The summed E-state index contributed by atoms with van der Waals surface area (Å²) in [6, 6.07) is 12.5. The average Bonchev–Trinajstić information content (AvgIpc) is 3.34. The fourth-order valence-corrected chi connectivity index (χ4v) is 4.51. The molecule has 3 aliphatic rings. The molecule has 3 heterocycles. The van der Waals surface area contributed by atoms with Crippen molar-refractivity contribution in [3.8, 4) is 23.0 Å². The molecule has 2 aromatic rings. The van der Waals surface area contributed by atoms with Crippen molar-refractivity contribution < 1.29 is 9.47 Å². The number of fused-ring (bicyclic) bond motifs is 2. The quantitative estimate of drug-likeness (QED) is 0.411. The maximum Gasteiger partial charge on any atom is 0.231 e. The Morgan fingerprint density at radius 2 is 1.90 bits per heavy atom. The molecule has 0 atom stereocenters. The second-order valence-electron chi connectivity index (χ2n) is 6.78. The van der Waals surface area contributed by atoms with Gasteiger partial charge in [-0.25, -0.2) is 15.0 Å². The van der Waals surface area contributed by atoms with E-state index < -0.39 is 0 Å². The van der Waals surface area contributed by atoms with Crippen LogP contribution >= 0.6 is 27.7 Å². The van der Waals surface area contributed by atoms with Gasteiger partial charge in [0.15, 0.2) is 22.5 Å². The third kappa shape index (κ3) is 3.82. The lowest BCUT2D eigenvalue weighted by Crippen LogP contribution is -2.07. The molecule has 6 nitrogen and oxygen atoms in total. The number of rotatable bonds is 5. The first-order valence-electron chi connectivity index (χ1n) is 9.16. The molecule has 0 N–H and O–H groups in total. The van der Waals surface area contributed by atoms with Gasteiger partial charge in [0, 0.05) is 15.9 Å². The first-order chi connectivity index (χ1) is 14.2. The fourth-order valence-electron chi connectivity index (χ4n) is 3.15. The van der Waals surface area contributed by atoms with Crippen LogP contribution in [0.3, 0.4) is 0 Å². The van der Waals surface area contributed by atoms with Crippen molar-refractivity contribution in [1.82, 2.24) is 19.5 Å². The predicted octanol–water partition coefficient (Wildman–Crippen LogP) is 4.97. The lowest BCUT2D eigenvalue weighted by atomic mass is 10.1. The minimum absolute atomic E-state index is 0.249. The molecule has 29 heavy (non-hydrogen) atoms. The van der Waals surface area contributed by atoms with Gasteiger partial charge < -0.3 is 14.0 Å². The van der Waals surface area contributed by atoms with Crippen LogP contribution in [-0.4, -0.2) is 26.3 Å². The first kappa shape index (κ1) is 18.4. The van der Waals surface area contributed by atoms with Gasteiger partial charge in [0.05, 0.1) is 12.5 Å². The number of hydrogen-bond donors (Lipinski definition) is 0. The van der Waals surface area contributed by atoms with E-state index in [2.05, 4.69) is 61.7 Å². The predicted molar refractivity (Wildman–Crippen MR) is 114 cm³/mol. The van der Waals surface area contributed by atoms with E-state index in [0.717, 1.165) is 45.4 Å². The Kier molecular flexibility index (Phi) is 4.89. The lowest BCUT2D eigenvalue weighted by molar-refractivity contribution is 0.174. The number of nitrogens with zero attached hydrogens (tertiary/aromatic N) is 4. The number of halogens is 1. The molecule has 0 fully saturated rings. The average molecular weight is 469 g/mol. The number of benzene rings is 2. The summed E-state index contributed by atoms with van der Waals surface area (Å²) in [5.41, 5.74) is 3.35. The molecule has 2 aromatic carbocycles. The van der Waals surface area contributed by atoms with Gasteiger partial charge >= 0.3 is 0 Å². The third-order valence-electron chi connectivity index (χ3n) is 4.71. The molecular formula is C21H17BrN4O2S. The molecule has 146 valence electrons. The smallest absolute Gasteiger partial charge is 0.231 e. The van der Waals surface area contributed by atoms with Gasteiger partial charge in [-0.15, -0.1) is 0 Å². The van der Waals surface area contributed by atoms with E-state index in [1.165, 1.54) is 22.9 Å². The highest BCUT2D eigenvalue weighted by atomic mass is 79.9. The molecule has 0 unspecified atom stereocenters. The van der Waals surface area contributed by atoms with E-state index in [-0.39, 0.29) is 6.79 Å². The van der Waals surface area contributed by atoms with E-state index in [0.29, 0.717) is 5.16 Å². The summed E-state index contributed by atoms with van der Waals surface area (Å²) in [5, 5.41) is 0.677. The molecular weight excluding hydrogens is 452 g/mol. The summed E-state index contributed by atoms with van der Waals surface area (Å²) < 4.78 is 13.9. The summed E-state index contributed by atoms with van der Waals surface area (Å²) >= 11 is 5.08. The monoisotopic (exact) mass is 468 g/mol. The van der Waals surface area contributed by atoms with E-state index in [9.17, 15) is 0 Å². The van der Waals surface area contributed by atoms with Gasteiger partial charge in [-0.1, -0.05) is 29.8 Å². The highest BCUT2D eigenvalue weighted by Crippen LogP contribution is 2.42.